The van der Waals surface area contributed by atoms with Crippen molar-refractivity contribution in [1.29, 1.82) is 0 Å². The lowest BCUT2D eigenvalue weighted by atomic mass is 9.95. The Hall–Kier alpha value is -3.40. The Kier molecular flexibility index (Phi) is 6.13. The van der Waals surface area contributed by atoms with Gasteiger partial charge in [-0.1, -0.05) is 34.9 Å². The van der Waals surface area contributed by atoms with E-state index >= 15 is 0 Å². The number of allylic oxidation sites excluding steroid dienone is 1. The molecule has 10 heteroatoms. The Labute approximate surface area is 193 Å². The van der Waals surface area contributed by atoms with E-state index in [4.69, 9.17) is 15.2 Å². The van der Waals surface area contributed by atoms with Gasteiger partial charge in [0.1, 0.15) is 12.6 Å². The molecule has 3 N–H and O–H groups in total. The topological polar surface area (TPSA) is 117 Å². The van der Waals surface area contributed by atoms with E-state index in [2.05, 4.69) is 42.8 Å². The van der Waals surface area contributed by atoms with Crippen molar-refractivity contribution in [2.24, 2.45) is 5.73 Å². The molecule has 2 heterocycles. The molecule has 0 bridgehead atoms. The Balaban J connectivity index is 1.75. The van der Waals surface area contributed by atoms with Gasteiger partial charge in [0.25, 0.3) is 0 Å². The molecule has 166 valence electrons. The number of nitrogens with one attached hydrogen (secondary N) is 1. The number of halogens is 1. The predicted octanol–water partition coefficient (Wildman–Crippen LogP) is 3.50. The number of rotatable bonds is 7. The molecule has 3 aromatic rings. The molecule has 9 nitrogen and oxygen atoms in total. The molecule has 1 unspecified atom stereocenters. The second-order valence-electron chi connectivity index (χ2n) is 7.42. The van der Waals surface area contributed by atoms with Crippen LogP contribution in [0, 0.1) is 6.92 Å². The van der Waals surface area contributed by atoms with Crippen LogP contribution in [0.2, 0.25) is 0 Å². The van der Waals surface area contributed by atoms with Gasteiger partial charge in [0.15, 0.2) is 11.5 Å². The quantitative estimate of drug-likeness (QED) is 0.511. The van der Waals surface area contributed by atoms with Crippen LogP contribution in [0.1, 0.15) is 36.6 Å². The summed E-state index contributed by atoms with van der Waals surface area (Å²) >= 11 is 3.61. The molecule has 32 heavy (non-hydrogen) atoms. The number of fused-ring (bicyclic) bond motifs is 1. The summed E-state index contributed by atoms with van der Waals surface area (Å²) in [6.07, 6.45) is 0. The average molecular weight is 499 g/mol. The molecular weight excluding hydrogens is 476 g/mol. The molecule has 1 aliphatic rings. The number of hydrogen-bond acceptors (Lipinski definition) is 7. The second kappa shape index (κ2) is 8.99. The SMILES string of the molecule is CCOc1cc(C2C(C(N)=O)=C(C)Nc3nnnn32)cc(Br)c1OCc1cccc(C)c1. The molecule has 0 saturated heterocycles. The maximum absolute atomic E-state index is 12.3. The highest BCUT2D eigenvalue weighted by molar-refractivity contribution is 9.10. The van der Waals surface area contributed by atoms with Crippen molar-refractivity contribution in [2.75, 3.05) is 11.9 Å². The van der Waals surface area contributed by atoms with Gasteiger partial charge in [-0.15, -0.1) is 0 Å². The monoisotopic (exact) mass is 498 g/mol. The van der Waals surface area contributed by atoms with Gasteiger partial charge in [-0.3, -0.25) is 4.79 Å². The maximum atomic E-state index is 12.3. The van der Waals surface area contributed by atoms with Crippen LogP contribution in [-0.4, -0.2) is 32.7 Å². The Morgan fingerprint density at radius 1 is 1.25 bits per heavy atom. The third kappa shape index (κ3) is 4.18. The number of primary amides is 1. The smallest absolute Gasteiger partial charge is 0.248 e. The summed E-state index contributed by atoms with van der Waals surface area (Å²) < 4.78 is 14.2. The van der Waals surface area contributed by atoms with Crippen LogP contribution >= 0.6 is 15.9 Å². The number of aromatic nitrogens is 4. The molecule has 0 fully saturated rings. The zero-order chi connectivity index (χ0) is 22.8. The molecule has 0 radical (unpaired) electrons. The number of nitrogens with two attached hydrogens (primary N) is 1. The number of hydrogen-bond donors (Lipinski definition) is 2. The summed E-state index contributed by atoms with van der Waals surface area (Å²) in [6, 6.07) is 11.2. The molecule has 4 rings (SSSR count). The van der Waals surface area contributed by atoms with E-state index in [9.17, 15) is 4.79 Å². The number of anilines is 1. The first-order valence-corrected chi connectivity index (χ1v) is 10.9. The lowest BCUT2D eigenvalue weighted by Gasteiger charge is -2.27. The molecule has 1 atom stereocenters. The lowest BCUT2D eigenvalue weighted by Crippen LogP contribution is -2.32. The van der Waals surface area contributed by atoms with Crippen LogP contribution in [0.3, 0.4) is 0 Å². The molecular formula is C22H23BrN6O3. The van der Waals surface area contributed by atoms with E-state index < -0.39 is 11.9 Å². The van der Waals surface area contributed by atoms with E-state index in [0.29, 0.717) is 46.4 Å². The Bertz CT molecular complexity index is 1210. The second-order valence-corrected chi connectivity index (χ2v) is 8.27. The zero-order valence-corrected chi connectivity index (χ0v) is 19.5. The summed E-state index contributed by atoms with van der Waals surface area (Å²) in [5, 5.41) is 14.8. The highest BCUT2D eigenvalue weighted by Gasteiger charge is 2.34. The summed E-state index contributed by atoms with van der Waals surface area (Å²) in [7, 11) is 0. The highest BCUT2D eigenvalue weighted by atomic mass is 79.9. The molecule has 0 aliphatic carbocycles. The first kappa shape index (κ1) is 21.8. The van der Waals surface area contributed by atoms with Crippen molar-refractivity contribution in [2.45, 2.75) is 33.4 Å². The predicted molar refractivity (Wildman–Crippen MR) is 122 cm³/mol. The number of carbonyl (C=O) groups excluding carboxylic acids is 1. The summed E-state index contributed by atoms with van der Waals surface area (Å²) in [4.78, 5) is 12.3. The van der Waals surface area contributed by atoms with Gasteiger partial charge in [-0.25, -0.2) is 0 Å². The van der Waals surface area contributed by atoms with Crippen molar-refractivity contribution in [3.63, 3.8) is 0 Å². The minimum absolute atomic E-state index is 0.368. The van der Waals surface area contributed by atoms with Gasteiger partial charge >= 0.3 is 0 Å². The average Bonchev–Trinajstić information content (AvgIpc) is 3.20. The van der Waals surface area contributed by atoms with Gasteiger partial charge in [-0.2, -0.15) is 4.68 Å². The van der Waals surface area contributed by atoms with E-state index in [0.717, 1.165) is 16.7 Å². The number of tetrazole rings is 1. The standard InChI is InChI=1S/C22H23BrN6O3/c1-4-31-17-10-15(9-16(23)20(17)32-11-14-7-5-6-12(2)8-14)19-18(21(24)30)13(3)25-22-26-27-28-29(19)22/h5-10,19H,4,11H2,1-3H3,(H2,24,30)(H,25,26,28). The number of benzene rings is 2. The van der Waals surface area contributed by atoms with Crippen LogP contribution in [0.4, 0.5) is 5.95 Å². The first-order chi connectivity index (χ1) is 15.4. The minimum atomic E-state index is -0.611. The van der Waals surface area contributed by atoms with Gasteiger partial charge in [0.05, 0.1) is 16.7 Å². The van der Waals surface area contributed by atoms with Crippen LogP contribution in [-0.2, 0) is 11.4 Å². The summed E-state index contributed by atoms with van der Waals surface area (Å²) in [6.45, 7) is 6.53. The van der Waals surface area contributed by atoms with Gasteiger partial charge in [0.2, 0.25) is 11.9 Å². The first-order valence-electron chi connectivity index (χ1n) is 10.1. The summed E-state index contributed by atoms with van der Waals surface area (Å²) in [5.74, 6) is 0.977. The maximum Gasteiger partial charge on any atom is 0.248 e. The lowest BCUT2D eigenvalue weighted by molar-refractivity contribution is -0.115. The third-order valence-corrected chi connectivity index (χ3v) is 5.68. The number of aryl methyl sites for hydroxylation is 1. The molecule has 0 saturated carbocycles. The number of nitrogens with zero attached hydrogens (tertiary/aromatic N) is 4. The molecule has 1 aromatic heterocycles. The van der Waals surface area contributed by atoms with E-state index in [1.807, 2.05) is 44.2 Å². The fraction of sp³-hybridized carbons (Fsp3) is 0.273. The molecule has 1 aliphatic heterocycles. The van der Waals surface area contributed by atoms with Crippen LogP contribution in [0.5, 0.6) is 11.5 Å². The van der Waals surface area contributed by atoms with Crippen molar-refractivity contribution < 1.29 is 14.3 Å². The van der Waals surface area contributed by atoms with Crippen LogP contribution < -0.4 is 20.5 Å². The molecule has 1 amide bonds. The zero-order valence-electron chi connectivity index (χ0n) is 17.9. The molecule has 2 aromatic carbocycles. The number of amides is 1. The van der Waals surface area contributed by atoms with Crippen LogP contribution in [0.25, 0.3) is 0 Å². The fourth-order valence-electron chi connectivity index (χ4n) is 3.75. The van der Waals surface area contributed by atoms with Gasteiger partial charge < -0.3 is 20.5 Å². The van der Waals surface area contributed by atoms with Crippen molar-refractivity contribution in [3.8, 4) is 11.5 Å². The number of carbonyl (C=O) groups is 1. The van der Waals surface area contributed by atoms with Crippen molar-refractivity contribution >= 4 is 27.8 Å². The minimum Gasteiger partial charge on any atom is -0.490 e. The number of ether oxygens (including phenoxy) is 2. The molecule has 0 spiro atoms. The van der Waals surface area contributed by atoms with Crippen molar-refractivity contribution in [1.82, 2.24) is 20.2 Å². The Morgan fingerprint density at radius 3 is 2.78 bits per heavy atom. The largest absolute Gasteiger partial charge is 0.490 e. The third-order valence-electron chi connectivity index (χ3n) is 5.09. The highest BCUT2D eigenvalue weighted by Crippen LogP contribution is 2.42. The van der Waals surface area contributed by atoms with Gasteiger partial charge in [0, 0.05) is 5.70 Å². The van der Waals surface area contributed by atoms with Gasteiger partial charge in [-0.05, 0) is 70.4 Å². The van der Waals surface area contributed by atoms with Crippen LogP contribution in [0.15, 0.2) is 52.1 Å². The van der Waals surface area contributed by atoms with Crippen molar-refractivity contribution in [3.05, 3.63) is 68.8 Å². The summed E-state index contributed by atoms with van der Waals surface area (Å²) in [5.41, 5.74) is 9.62. The Morgan fingerprint density at radius 2 is 2.06 bits per heavy atom. The normalized spacial score (nSPS) is 15.2. The fourth-order valence-corrected chi connectivity index (χ4v) is 4.32. The van der Waals surface area contributed by atoms with E-state index in [1.165, 1.54) is 4.68 Å². The van der Waals surface area contributed by atoms with E-state index in [-0.39, 0.29) is 0 Å². The van der Waals surface area contributed by atoms with E-state index in [1.54, 1.807) is 6.92 Å².